The number of ether oxygens (including phenoxy) is 3. The van der Waals surface area contributed by atoms with Crippen LogP contribution in [0.15, 0.2) is 83.4 Å². The smallest absolute Gasteiger partial charge is 0.313 e. The number of aliphatic hydroxyl groups is 1. The molecule has 6 rings (SSSR count). The van der Waals surface area contributed by atoms with Crippen molar-refractivity contribution in [2.75, 3.05) is 26.9 Å². The predicted octanol–water partition coefficient (Wildman–Crippen LogP) is 4.06. The lowest BCUT2D eigenvalue weighted by molar-refractivity contribution is -0.163. The molecule has 0 aromatic heterocycles. The molecular weight excluding hydrogens is 718 g/mol. The van der Waals surface area contributed by atoms with Crippen molar-refractivity contribution in [2.24, 2.45) is 17.8 Å². The van der Waals surface area contributed by atoms with E-state index < -0.39 is 59.6 Å². The zero-order valence-corrected chi connectivity index (χ0v) is 30.7. The van der Waals surface area contributed by atoms with Crippen LogP contribution < -0.4 is 5.32 Å². The molecule has 0 aliphatic carbocycles. The summed E-state index contributed by atoms with van der Waals surface area (Å²) in [5, 5.41) is 13.8. The van der Waals surface area contributed by atoms with Crippen LogP contribution in [0.4, 0.5) is 0 Å². The Labute approximate surface area is 307 Å². The maximum absolute atomic E-state index is 15.1. The highest BCUT2D eigenvalue weighted by atomic mass is 79.9. The largest absolute Gasteiger partial charge is 0.455 e. The Morgan fingerprint density at radius 3 is 2.39 bits per heavy atom. The number of allylic oxidation sites excluding steroid dienone is 1. The first-order chi connectivity index (χ1) is 24.6. The third kappa shape index (κ3) is 7.03. The molecule has 1 spiro atoms. The Morgan fingerprint density at radius 1 is 1.02 bits per heavy atom. The average Bonchev–Trinajstić information content (AvgIpc) is 3.73. The molecule has 4 heterocycles. The van der Waals surface area contributed by atoms with Gasteiger partial charge in [-0.05, 0) is 29.5 Å². The van der Waals surface area contributed by atoms with Gasteiger partial charge in [0.25, 0.3) is 0 Å². The summed E-state index contributed by atoms with van der Waals surface area (Å²) in [4.78, 5) is 61.0. The van der Waals surface area contributed by atoms with Crippen LogP contribution in [-0.2, 0) is 39.9 Å². The molecule has 2 N–H and O–H groups in total. The van der Waals surface area contributed by atoms with Crippen molar-refractivity contribution < 1.29 is 38.5 Å². The molecule has 272 valence electrons. The third-order valence-electron chi connectivity index (χ3n) is 10.7. The Bertz CT molecular complexity index is 1650. The van der Waals surface area contributed by atoms with E-state index >= 15 is 4.79 Å². The number of benzene rings is 2. The van der Waals surface area contributed by atoms with Crippen molar-refractivity contribution >= 4 is 39.6 Å². The first-order valence-electron chi connectivity index (χ1n) is 17.7. The van der Waals surface area contributed by atoms with Crippen molar-refractivity contribution in [2.45, 2.75) is 75.6 Å². The summed E-state index contributed by atoms with van der Waals surface area (Å²) in [5.41, 5.74) is 0.0265. The van der Waals surface area contributed by atoms with E-state index in [0.717, 1.165) is 5.56 Å². The molecule has 0 radical (unpaired) electrons. The van der Waals surface area contributed by atoms with Gasteiger partial charge < -0.3 is 34.4 Å². The number of methoxy groups -OCH3 is 1. The summed E-state index contributed by atoms with van der Waals surface area (Å²) < 4.78 is 19.1. The van der Waals surface area contributed by atoms with Gasteiger partial charge in [-0.15, -0.1) is 0 Å². The molecule has 2 aromatic rings. The van der Waals surface area contributed by atoms with E-state index in [2.05, 4.69) is 21.2 Å². The molecular formula is C39H46BrN3O8. The number of aliphatic hydroxyl groups excluding tert-OH is 1. The minimum atomic E-state index is -1.50. The van der Waals surface area contributed by atoms with Crippen LogP contribution in [-0.4, -0.2) is 95.3 Å². The first kappa shape index (κ1) is 36.9. The van der Waals surface area contributed by atoms with Gasteiger partial charge in [0.2, 0.25) is 17.7 Å². The lowest BCUT2D eigenvalue weighted by atomic mass is 9.74. The molecule has 3 amide bonds. The third-order valence-corrected chi connectivity index (χ3v) is 11.4. The molecule has 0 unspecified atom stereocenters. The second-order valence-corrected chi connectivity index (χ2v) is 14.7. The lowest BCUT2D eigenvalue weighted by Gasteiger charge is -2.40. The molecule has 0 saturated carbocycles. The molecule has 12 heteroatoms. The van der Waals surface area contributed by atoms with E-state index in [9.17, 15) is 19.5 Å². The number of fused-ring (bicyclic) bond motifs is 2. The van der Waals surface area contributed by atoms with Gasteiger partial charge in [-0.2, -0.15) is 0 Å². The standard InChI is InChI=1S/C39H46BrN3O8/c1-4-24(2)29(22-44)43-35-37(47)42(21-25-14-8-5-9-15-25)19-13-7-12-18-30(45)41-28(23-49-3)33(26-16-10-6-11-17-26)50-38(48)31-32(36(43)46)39(35)20-27(40)34(31)51-39/h5-11,13-17,20,24,28-29,31-35,44H,4,12,18-19,21-23H2,1-3H3,(H,41,45)/b13-7-/t24-,28-,29-,31+,32-,33-,34+,35+,39-/m0/s1. The van der Waals surface area contributed by atoms with Crippen molar-refractivity contribution in [3.05, 3.63) is 94.5 Å². The van der Waals surface area contributed by atoms with Crippen LogP contribution in [0.1, 0.15) is 50.3 Å². The number of amides is 3. The maximum atomic E-state index is 15.1. The van der Waals surface area contributed by atoms with Gasteiger partial charge in [-0.3, -0.25) is 19.2 Å². The van der Waals surface area contributed by atoms with E-state index in [4.69, 9.17) is 14.2 Å². The second kappa shape index (κ2) is 15.8. The van der Waals surface area contributed by atoms with Crippen LogP contribution in [0.5, 0.6) is 0 Å². The summed E-state index contributed by atoms with van der Waals surface area (Å²) in [6, 6.07) is 16.0. The van der Waals surface area contributed by atoms with Crippen LogP contribution in [0, 0.1) is 17.8 Å². The number of nitrogens with zero attached hydrogens (tertiary/aromatic N) is 2. The number of cyclic esters (lactones) is 1. The van der Waals surface area contributed by atoms with Gasteiger partial charge >= 0.3 is 5.97 Å². The van der Waals surface area contributed by atoms with E-state index in [1.54, 1.807) is 11.0 Å². The molecule has 2 saturated heterocycles. The number of hydrogen-bond donors (Lipinski definition) is 2. The van der Waals surface area contributed by atoms with Crippen molar-refractivity contribution in [3.63, 3.8) is 0 Å². The number of hydrogen-bond acceptors (Lipinski definition) is 8. The summed E-state index contributed by atoms with van der Waals surface area (Å²) in [5.74, 6) is -4.13. The zero-order valence-electron chi connectivity index (χ0n) is 29.2. The molecule has 2 aromatic carbocycles. The van der Waals surface area contributed by atoms with Crippen molar-refractivity contribution in [1.29, 1.82) is 0 Å². The van der Waals surface area contributed by atoms with E-state index in [-0.39, 0.29) is 50.5 Å². The fourth-order valence-electron chi connectivity index (χ4n) is 8.01. The minimum Gasteiger partial charge on any atom is -0.455 e. The Hall–Kier alpha value is -3.84. The fourth-order valence-corrected chi connectivity index (χ4v) is 8.75. The number of rotatable bonds is 9. The van der Waals surface area contributed by atoms with Gasteiger partial charge in [-0.1, -0.05) is 109 Å². The minimum absolute atomic E-state index is 0.0563. The molecule has 9 atom stereocenters. The Kier molecular flexibility index (Phi) is 11.5. The Balaban J connectivity index is 1.49. The number of esters is 1. The van der Waals surface area contributed by atoms with Crippen LogP contribution in [0.2, 0.25) is 0 Å². The van der Waals surface area contributed by atoms with Gasteiger partial charge in [0.15, 0.2) is 0 Å². The molecule has 4 aliphatic heterocycles. The van der Waals surface area contributed by atoms with Crippen LogP contribution in [0.3, 0.4) is 0 Å². The number of likely N-dealkylation sites (tertiary alicyclic amines) is 1. The maximum Gasteiger partial charge on any atom is 0.313 e. The lowest BCUT2D eigenvalue weighted by Crippen LogP contribution is -2.59. The van der Waals surface area contributed by atoms with Crippen molar-refractivity contribution in [1.82, 2.24) is 15.1 Å². The summed E-state index contributed by atoms with van der Waals surface area (Å²) >= 11 is 3.62. The predicted molar refractivity (Wildman–Crippen MR) is 192 cm³/mol. The van der Waals surface area contributed by atoms with Gasteiger partial charge in [0.1, 0.15) is 29.8 Å². The van der Waals surface area contributed by atoms with Gasteiger partial charge in [0, 0.05) is 31.1 Å². The average molecular weight is 765 g/mol. The summed E-state index contributed by atoms with van der Waals surface area (Å²) in [6.45, 7) is 4.04. The molecule has 5 bridgehead atoms. The molecule has 51 heavy (non-hydrogen) atoms. The highest BCUT2D eigenvalue weighted by molar-refractivity contribution is 9.11. The fraction of sp³-hybridized carbons (Fsp3) is 0.487. The van der Waals surface area contributed by atoms with Crippen LogP contribution >= 0.6 is 15.9 Å². The SMILES string of the molecule is CC[C@H](C)[C@H](CO)N1C(=O)[C@@H]2[C@H]3C(=O)O[C@@H](c4ccccc4)[C@H](COC)NC(=O)CC/C=C\CN(Cc4ccccc4)C(=O)[C@@H]1[C@]21C=C(Br)[C@H]3O1. The monoisotopic (exact) mass is 763 g/mol. The molecule has 2 fully saturated rings. The Morgan fingerprint density at radius 2 is 1.73 bits per heavy atom. The van der Waals surface area contributed by atoms with E-state index in [0.29, 0.717) is 22.9 Å². The highest BCUT2D eigenvalue weighted by Crippen LogP contribution is 2.59. The molecule has 4 aliphatic rings. The topological polar surface area (TPSA) is 135 Å². The zero-order chi connectivity index (χ0) is 36.3. The first-order valence-corrected chi connectivity index (χ1v) is 18.4. The quantitative estimate of drug-likeness (QED) is 0.289. The summed E-state index contributed by atoms with van der Waals surface area (Å²) in [7, 11) is 1.51. The normalized spacial score (nSPS) is 31.5. The second-order valence-electron chi connectivity index (χ2n) is 13.8. The number of carbonyl (C=O) groups is 4. The van der Waals surface area contributed by atoms with Gasteiger partial charge in [0.05, 0.1) is 31.2 Å². The number of halogens is 1. The number of nitrogens with one attached hydrogen (secondary N) is 1. The van der Waals surface area contributed by atoms with E-state index in [1.807, 2.05) is 86.7 Å². The number of carbonyl (C=O) groups excluding carboxylic acids is 4. The van der Waals surface area contributed by atoms with Gasteiger partial charge in [-0.25, -0.2) is 0 Å². The van der Waals surface area contributed by atoms with Crippen LogP contribution in [0.25, 0.3) is 0 Å². The van der Waals surface area contributed by atoms with Crippen molar-refractivity contribution in [3.8, 4) is 0 Å². The summed E-state index contributed by atoms with van der Waals surface area (Å²) in [6.07, 6.45) is 4.86. The highest BCUT2D eigenvalue weighted by Gasteiger charge is 2.75. The van der Waals surface area contributed by atoms with E-state index in [1.165, 1.54) is 12.0 Å². The molecule has 11 nitrogen and oxygen atoms in total.